The molecule has 1 atom stereocenters. The lowest BCUT2D eigenvalue weighted by Gasteiger charge is -2.19. The van der Waals surface area contributed by atoms with Gasteiger partial charge in [0.25, 0.3) is 15.9 Å². The molecule has 36 heavy (non-hydrogen) atoms. The second kappa shape index (κ2) is 10.8. The van der Waals surface area contributed by atoms with Crippen LogP contribution in [0.2, 0.25) is 5.02 Å². The average Bonchev–Trinajstić information content (AvgIpc) is 2.80. The topological polar surface area (TPSA) is 84.5 Å². The summed E-state index contributed by atoms with van der Waals surface area (Å²) in [6, 6.07) is 13.6. The minimum Gasteiger partial charge on any atom is -0.480 e. The van der Waals surface area contributed by atoms with E-state index in [1.807, 2.05) is 32.0 Å². The molecule has 0 radical (unpaired) electrons. The monoisotopic (exact) mass is 540 g/mol. The molecule has 0 heterocycles. The standard InChI is InChI=1S/C25H24ClF3N2O4S/c1-4-22(35-23-13-15(2)5-6-16(23)3)24(32)30-17-7-10-19(11-8-17)36(33,34)31-18-9-12-21(26)20(14-18)25(27,28)29/h5-14,22,31H,4H2,1-3H3,(H,30,32)/t22-/m1/s1. The van der Waals surface area contributed by atoms with Crippen LogP contribution in [0.3, 0.4) is 0 Å². The summed E-state index contributed by atoms with van der Waals surface area (Å²) in [7, 11) is -4.20. The maximum absolute atomic E-state index is 13.1. The van der Waals surface area contributed by atoms with Gasteiger partial charge in [-0.2, -0.15) is 13.2 Å². The van der Waals surface area contributed by atoms with Crippen LogP contribution in [0.4, 0.5) is 24.5 Å². The fraction of sp³-hybridized carbons (Fsp3) is 0.240. The Labute approximate surface area is 212 Å². The first-order valence-electron chi connectivity index (χ1n) is 10.8. The van der Waals surface area contributed by atoms with Crippen LogP contribution in [-0.2, 0) is 21.0 Å². The number of benzene rings is 3. The molecular formula is C25H24ClF3N2O4S. The van der Waals surface area contributed by atoms with Crippen molar-refractivity contribution in [3.05, 3.63) is 82.4 Å². The van der Waals surface area contributed by atoms with Gasteiger partial charge in [-0.3, -0.25) is 9.52 Å². The summed E-state index contributed by atoms with van der Waals surface area (Å²) in [6.45, 7) is 5.60. The maximum atomic E-state index is 13.1. The molecule has 3 aromatic carbocycles. The predicted molar refractivity (Wildman–Crippen MR) is 133 cm³/mol. The van der Waals surface area contributed by atoms with Crippen LogP contribution in [-0.4, -0.2) is 20.4 Å². The maximum Gasteiger partial charge on any atom is 0.417 e. The number of halogens is 4. The summed E-state index contributed by atoms with van der Waals surface area (Å²) in [5, 5.41) is 2.14. The predicted octanol–water partition coefficient (Wildman–Crippen LogP) is 6.57. The first-order valence-corrected chi connectivity index (χ1v) is 12.7. The molecule has 1 amide bonds. The molecule has 0 fully saturated rings. The highest BCUT2D eigenvalue weighted by Gasteiger charge is 2.33. The molecule has 0 spiro atoms. The van der Waals surface area contributed by atoms with E-state index in [0.717, 1.165) is 23.3 Å². The third-order valence-electron chi connectivity index (χ3n) is 5.23. The van der Waals surface area contributed by atoms with E-state index >= 15 is 0 Å². The lowest BCUT2D eigenvalue weighted by molar-refractivity contribution is -0.137. The molecule has 11 heteroatoms. The van der Waals surface area contributed by atoms with E-state index in [9.17, 15) is 26.4 Å². The van der Waals surface area contributed by atoms with Gasteiger partial charge >= 0.3 is 6.18 Å². The molecule has 0 aliphatic rings. The molecule has 0 unspecified atom stereocenters. The number of carbonyl (C=O) groups excluding carboxylic acids is 1. The van der Waals surface area contributed by atoms with Crippen molar-refractivity contribution in [2.45, 2.75) is 44.4 Å². The number of aryl methyl sites for hydroxylation is 2. The van der Waals surface area contributed by atoms with Gasteiger partial charge in [-0.25, -0.2) is 8.42 Å². The van der Waals surface area contributed by atoms with Crippen LogP contribution in [0, 0.1) is 13.8 Å². The Morgan fingerprint density at radius 3 is 2.25 bits per heavy atom. The Hall–Kier alpha value is -3.24. The van der Waals surface area contributed by atoms with Crippen molar-refractivity contribution in [3.63, 3.8) is 0 Å². The minimum absolute atomic E-state index is 0.206. The zero-order valence-electron chi connectivity index (χ0n) is 19.6. The summed E-state index contributed by atoms with van der Waals surface area (Å²) in [6.07, 6.45) is -5.11. The van der Waals surface area contributed by atoms with Crippen molar-refractivity contribution in [1.82, 2.24) is 0 Å². The van der Waals surface area contributed by atoms with Gasteiger partial charge in [-0.15, -0.1) is 0 Å². The lowest BCUT2D eigenvalue weighted by atomic mass is 10.1. The molecule has 192 valence electrons. The van der Waals surface area contributed by atoms with Crippen LogP contribution < -0.4 is 14.8 Å². The fourth-order valence-electron chi connectivity index (χ4n) is 3.27. The van der Waals surface area contributed by atoms with Crippen LogP contribution in [0.15, 0.2) is 65.6 Å². The van der Waals surface area contributed by atoms with E-state index in [2.05, 4.69) is 10.0 Å². The number of hydrogen-bond acceptors (Lipinski definition) is 4. The molecule has 2 N–H and O–H groups in total. The highest BCUT2D eigenvalue weighted by Crippen LogP contribution is 2.36. The summed E-state index contributed by atoms with van der Waals surface area (Å²) >= 11 is 5.58. The first-order chi connectivity index (χ1) is 16.8. The molecule has 3 rings (SSSR count). The third-order valence-corrected chi connectivity index (χ3v) is 6.96. The van der Waals surface area contributed by atoms with Crippen LogP contribution in [0.1, 0.15) is 30.0 Å². The van der Waals surface area contributed by atoms with Crippen molar-refractivity contribution in [2.75, 3.05) is 10.0 Å². The van der Waals surface area contributed by atoms with Crippen molar-refractivity contribution < 1.29 is 31.1 Å². The number of anilines is 2. The molecule has 0 aliphatic carbocycles. The normalized spacial score (nSPS) is 12.6. The zero-order chi connectivity index (χ0) is 26.7. The van der Waals surface area contributed by atoms with Crippen LogP contribution in [0.25, 0.3) is 0 Å². The highest BCUT2D eigenvalue weighted by atomic mass is 35.5. The van der Waals surface area contributed by atoms with Gasteiger partial charge < -0.3 is 10.1 Å². The largest absolute Gasteiger partial charge is 0.480 e. The van der Waals surface area contributed by atoms with Gasteiger partial charge in [-0.05, 0) is 79.9 Å². The van der Waals surface area contributed by atoms with E-state index in [0.29, 0.717) is 23.9 Å². The second-order valence-electron chi connectivity index (χ2n) is 8.10. The SMILES string of the molecule is CC[C@@H](Oc1cc(C)ccc1C)C(=O)Nc1ccc(S(=O)(=O)Nc2ccc(Cl)c(C(F)(F)F)c2)cc1. The first kappa shape index (κ1) is 27.3. The summed E-state index contributed by atoms with van der Waals surface area (Å²) in [5.74, 6) is 0.188. The van der Waals surface area contributed by atoms with Crippen molar-refractivity contribution in [3.8, 4) is 5.75 Å². The third kappa shape index (κ3) is 6.70. The fourth-order valence-corrected chi connectivity index (χ4v) is 4.54. The van der Waals surface area contributed by atoms with Gasteiger partial charge in [0.15, 0.2) is 6.10 Å². The lowest BCUT2D eigenvalue weighted by Crippen LogP contribution is -2.32. The van der Waals surface area contributed by atoms with E-state index in [-0.39, 0.29) is 10.6 Å². The Kier molecular flexibility index (Phi) is 8.20. The van der Waals surface area contributed by atoms with E-state index < -0.39 is 38.8 Å². The van der Waals surface area contributed by atoms with Crippen molar-refractivity contribution in [2.24, 2.45) is 0 Å². The summed E-state index contributed by atoms with van der Waals surface area (Å²) in [4.78, 5) is 12.5. The average molecular weight is 541 g/mol. The summed E-state index contributed by atoms with van der Waals surface area (Å²) < 4.78 is 72.5. The molecule has 3 aromatic rings. The molecule has 0 bridgehead atoms. The highest BCUT2D eigenvalue weighted by molar-refractivity contribution is 7.92. The van der Waals surface area contributed by atoms with Gasteiger partial charge in [0.2, 0.25) is 0 Å². The second-order valence-corrected chi connectivity index (χ2v) is 10.2. The molecule has 6 nitrogen and oxygen atoms in total. The summed E-state index contributed by atoms with van der Waals surface area (Å²) in [5.41, 5.74) is 0.753. The van der Waals surface area contributed by atoms with Gasteiger partial charge in [0.05, 0.1) is 15.5 Å². The number of alkyl halides is 3. The van der Waals surface area contributed by atoms with Crippen molar-refractivity contribution >= 4 is 38.9 Å². The van der Waals surface area contributed by atoms with E-state index in [4.69, 9.17) is 16.3 Å². The van der Waals surface area contributed by atoms with E-state index in [1.54, 1.807) is 6.92 Å². The van der Waals surface area contributed by atoms with Gasteiger partial charge in [-0.1, -0.05) is 30.7 Å². The quantitative estimate of drug-likeness (QED) is 0.338. The number of rotatable bonds is 8. The number of sulfonamides is 1. The zero-order valence-corrected chi connectivity index (χ0v) is 21.2. The molecule has 0 aliphatic heterocycles. The van der Waals surface area contributed by atoms with Gasteiger partial charge in [0.1, 0.15) is 5.75 Å². The van der Waals surface area contributed by atoms with Crippen LogP contribution >= 0.6 is 11.6 Å². The Bertz CT molecular complexity index is 1360. The molecule has 0 aromatic heterocycles. The Morgan fingerprint density at radius 2 is 1.64 bits per heavy atom. The van der Waals surface area contributed by atoms with Crippen LogP contribution in [0.5, 0.6) is 5.75 Å². The van der Waals surface area contributed by atoms with Crippen molar-refractivity contribution in [1.29, 1.82) is 0 Å². The molecular weight excluding hydrogens is 517 g/mol. The number of ether oxygens (including phenoxy) is 1. The Balaban J connectivity index is 1.71. The number of carbonyl (C=O) groups is 1. The number of nitrogens with one attached hydrogen (secondary N) is 2. The minimum atomic E-state index is -4.74. The Morgan fingerprint density at radius 1 is 1.00 bits per heavy atom. The van der Waals surface area contributed by atoms with Gasteiger partial charge in [0, 0.05) is 11.4 Å². The van der Waals surface area contributed by atoms with E-state index in [1.165, 1.54) is 24.3 Å². The molecule has 0 saturated heterocycles. The number of amides is 1. The smallest absolute Gasteiger partial charge is 0.417 e. The molecule has 0 saturated carbocycles. The number of hydrogen-bond donors (Lipinski definition) is 2.